The second-order valence-electron chi connectivity index (χ2n) is 8.68. The van der Waals surface area contributed by atoms with Crippen LogP contribution in [0.2, 0.25) is 5.02 Å². The highest BCUT2D eigenvalue weighted by Crippen LogP contribution is 2.44. The number of anilines is 2. The Labute approximate surface area is 225 Å². The Morgan fingerprint density at radius 1 is 1.05 bits per heavy atom. The van der Waals surface area contributed by atoms with Crippen LogP contribution in [0.4, 0.5) is 11.4 Å². The van der Waals surface area contributed by atoms with Crippen molar-refractivity contribution < 1.29 is 13.2 Å². The second-order valence-corrected chi connectivity index (χ2v) is 11.9. The molecular formula is C27H23ClN4O3S2. The number of fused-ring (bicyclic) bond motifs is 3. The van der Waals surface area contributed by atoms with E-state index >= 15 is 0 Å². The quantitative estimate of drug-likeness (QED) is 0.239. The van der Waals surface area contributed by atoms with E-state index in [0.717, 1.165) is 34.1 Å². The molecule has 5 rings (SSSR count). The van der Waals surface area contributed by atoms with Crippen molar-refractivity contribution in [2.24, 2.45) is 0 Å². The molecule has 7 nitrogen and oxygen atoms in total. The zero-order chi connectivity index (χ0) is 26.2. The first-order valence-electron chi connectivity index (χ1n) is 11.5. The van der Waals surface area contributed by atoms with Gasteiger partial charge in [0.25, 0.3) is 10.0 Å². The number of aromatic nitrogens is 2. The number of carbonyl (C=O) groups excluding carboxylic acids is 1. The zero-order valence-corrected chi connectivity index (χ0v) is 22.5. The molecule has 1 amide bonds. The number of nitrogens with zero attached hydrogens (tertiary/aromatic N) is 3. The van der Waals surface area contributed by atoms with Crippen LogP contribution in [0.15, 0.2) is 83.0 Å². The van der Waals surface area contributed by atoms with Crippen molar-refractivity contribution in [1.82, 2.24) is 9.97 Å². The van der Waals surface area contributed by atoms with E-state index in [1.165, 1.54) is 10.5 Å². The molecule has 0 unspecified atom stereocenters. The number of hydrogen-bond acceptors (Lipinski definition) is 6. The summed E-state index contributed by atoms with van der Waals surface area (Å²) >= 11 is 7.43. The minimum absolute atomic E-state index is 0.00221. The molecule has 1 aromatic heterocycles. The molecule has 37 heavy (non-hydrogen) atoms. The molecule has 0 radical (unpaired) electrons. The zero-order valence-electron chi connectivity index (χ0n) is 20.1. The third-order valence-corrected chi connectivity index (χ3v) is 8.81. The van der Waals surface area contributed by atoms with Crippen LogP contribution in [0.5, 0.6) is 0 Å². The molecule has 1 aliphatic heterocycles. The third kappa shape index (κ3) is 5.20. The van der Waals surface area contributed by atoms with Gasteiger partial charge in [0, 0.05) is 16.3 Å². The Bertz CT molecular complexity index is 1610. The summed E-state index contributed by atoms with van der Waals surface area (Å²) in [6.07, 6.45) is 1.31. The van der Waals surface area contributed by atoms with Gasteiger partial charge in [-0.05, 0) is 54.8 Å². The standard InChI is InChI=1S/C27H23ClN4O3S2/c1-17-8-9-18(2)22(12-17)30-25(33)16-36-27-29-14-24-26(31-27)21-13-20(28)10-11-23(21)32(37(24,34)35)15-19-6-4-3-5-7-19/h3-14H,15-16H2,1-2H3,(H,30,33). The first-order valence-corrected chi connectivity index (χ1v) is 14.3. The smallest absolute Gasteiger partial charge is 0.268 e. The van der Waals surface area contributed by atoms with E-state index in [1.54, 1.807) is 18.2 Å². The molecule has 1 N–H and O–H groups in total. The average Bonchev–Trinajstić information content (AvgIpc) is 2.88. The Morgan fingerprint density at radius 2 is 1.84 bits per heavy atom. The maximum absolute atomic E-state index is 13.6. The van der Waals surface area contributed by atoms with Gasteiger partial charge in [-0.15, -0.1) is 0 Å². The highest BCUT2D eigenvalue weighted by molar-refractivity contribution is 7.99. The van der Waals surface area contributed by atoms with Gasteiger partial charge in [-0.2, -0.15) is 0 Å². The summed E-state index contributed by atoms with van der Waals surface area (Å²) in [5, 5.41) is 3.67. The lowest BCUT2D eigenvalue weighted by atomic mass is 10.1. The van der Waals surface area contributed by atoms with E-state index in [-0.39, 0.29) is 28.8 Å². The van der Waals surface area contributed by atoms with Gasteiger partial charge >= 0.3 is 0 Å². The number of thioether (sulfide) groups is 1. The molecule has 0 spiro atoms. The number of rotatable bonds is 6. The van der Waals surface area contributed by atoms with Gasteiger partial charge < -0.3 is 5.32 Å². The van der Waals surface area contributed by atoms with Gasteiger partial charge in [0.15, 0.2) is 5.16 Å². The number of nitrogens with one attached hydrogen (secondary N) is 1. The first-order chi connectivity index (χ1) is 17.7. The Hall–Kier alpha value is -3.40. The molecule has 2 heterocycles. The van der Waals surface area contributed by atoms with Crippen LogP contribution in [-0.4, -0.2) is 30.0 Å². The van der Waals surface area contributed by atoms with Crippen LogP contribution in [0, 0.1) is 13.8 Å². The maximum atomic E-state index is 13.6. The lowest BCUT2D eigenvalue weighted by molar-refractivity contribution is -0.113. The molecular weight excluding hydrogens is 528 g/mol. The number of benzene rings is 3. The van der Waals surface area contributed by atoms with Crippen LogP contribution in [0.25, 0.3) is 11.3 Å². The van der Waals surface area contributed by atoms with E-state index in [2.05, 4.69) is 15.3 Å². The van der Waals surface area contributed by atoms with Crippen molar-refractivity contribution in [3.05, 3.63) is 94.6 Å². The van der Waals surface area contributed by atoms with Gasteiger partial charge in [-0.1, -0.05) is 65.8 Å². The second kappa shape index (κ2) is 10.2. The van der Waals surface area contributed by atoms with Gasteiger partial charge in [0.05, 0.1) is 29.9 Å². The predicted octanol–water partition coefficient (Wildman–Crippen LogP) is 5.85. The van der Waals surface area contributed by atoms with Gasteiger partial charge in [0.1, 0.15) is 4.90 Å². The summed E-state index contributed by atoms with van der Waals surface area (Å²) in [6, 6.07) is 20.3. The number of halogens is 1. The highest BCUT2D eigenvalue weighted by Gasteiger charge is 2.37. The summed E-state index contributed by atoms with van der Waals surface area (Å²) in [6.45, 7) is 4.05. The Balaban J connectivity index is 1.43. The summed E-state index contributed by atoms with van der Waals surface area (Å²) in [5.41, 5.74) is 4.97. The van der Waals surface area contributed by atoms with E-state index in [4.69, 9.17) is 11.6 Å². The molecule has 1 aliphatic rings. The third-order valence-electron chi connectivity index (χ3n) is 5.95. The van der Waals surface area contributed by atoms with Crippen LogP contribution < -0.4 is 9.62 Å². The van der Waals surface area contributed by atoms with Crippen molar-refractivity contribution in [1.29, 1.82) is 0 Å². The number of aryl methyl sites for hydroxylation is 2. The molecule has 10 heteroatoms. The number of amides is 1. The van der Waals surface area contributed by atoms with E-state index in [1.807, 2.05) is 62.4 Å². The monoisotopic (exact) mass is 550 g/mol. The molecule has 0 saturated heterocycles. The SMILES string of the molecule is Cc1ccc(C)c(NC(=O)CSc2ncc3c(n2)-c2cc(Cl)ccc2N(Cc2ccccc2)S3(=O)=O)c1. The largest absolute Gasteiger partial charge is 0.325 e. The Kier molecular flexibility index (Phi) is 6.94. The summed E-state index contributed by atoms with van der Waals surface area (Å²) in [4.78, 5) is 21.4. The van der Waals surface area contributed by atoms with Crippen LogP contribution in [0.1, 0.15) is 16.7 Å². The predicted molar refractivity (Wildman–Crippen MR) is 148 cm³/mol. The fraction of sp³-hybridized carbons (Fsp3) is 0.148. The molecule has 3 aromatic carbocycles. The van der Waals surface area contributed by atoms with Crippen molar-refractivity contribution in [2.75, 3.05) is 15.4 Å². The normalized spacial score (nSPS) is 13.5. The minimum Gasteiger partial charge on any atom is -0.325 e. The van der Waals surface area contributed by atoms with Crippen molar-refractivity contribution >= 4 is 50.7 Å². The molecule has 188 valence electrons. The molecule has 4 aromatic rings. The Morgan fingerprint density at radius 3 is 2.62 bits per heavy atom. The number of carbonyl (C=O) groups is 1. The topological polar surface area (TPSA) is 92.3 Å². The number of hydrogen-bond donors (Lipinski definition) is 1. The van der Waals surface area contributed by atoms with Gasteiger partial charge in [-0.3, -0.25) is 9.10 Å². The molecule has 0 aliphatic carbocycles. The highest BCUT2D eigenvalue weighted by atomic mass is 35.5. The summed E-state index contributed by atoms with van der Waals surface area (Å²) < 4.78 is 28.6. The molecule has 0 saturated carbocycles. The summed E-state index contributed by atoms with van der Waals surface area (Å²) in [7, 11) is -3.93. The fourth-order valence-electron chi connectivity index (χ4n) is 4.08. The first kappa shape index (κ1) is 25.3. The average molecular weight is 551 g/mol. The number of sulfonamides is 1. The van der Waals surface area contributed by atoms with Crippen molar-refractivity contribution in [3.8, 4) is 11.3 Å². The van der Waals surface area contributed by atoms with Crippen LogP contribution >= 0.6 is 23.4 Å². The maximum Gasteiger partial charge on any atom is 0.268 e. The van der Waals surface area contributed by atoms with E-state index < -0.39 is 10.0 Å². The molecule has 0 bridgehead atoms. The molecule has 0 atom stereocenters. The van der Waals surface area contributed by atoms with Gasteiger partial charge in [0.2, 0.25) is 5.91 Å². The van der Waals surface area contributed by atoms with Crippen LogP contribution in [0.3, 0.4) is 0 Å². The summed E-state index contributed by atoms with van der Waals surface area (Å²) in [5.74, 6) is -0.133. The van der Waals surface area contributed by atoms with E-state index in [9.17, 15) is 13.2 Å². The molecule has 0 fully saturated rings. The minimum atomic E-state index is -3.93. The van der Waals surface area contributed by atoms with Crippen LogP contribution in [-0.2, 0) is 21.4 Å². The lowest BCUT2D eigenvalue weighted by Gasteiger charge is -2.31. The lowest BCUT2D eigenvalue weighted by Crippen LogP contribution is -2.34. The van der Waals surface area contributed by atoms with Crippen molar-refractivity contribution in [3.63, 3.8) is 0 Å². The fourth-order valence-corrected chi connectivity index (χ4v) is 6.42. The van der Waals surface area contributed by atoms with Crippen molar-refractivity contribution in [2.45, 2.75) is 30.4 Å². The van der Waals surface area contributed by atoms with E-state index in [0.29, 0.717) is 21.4 Å². The van der Waals surface area contributed by atoms with Gasteiger partial charge in [-0.25, -0.2) is 18.4 Å².